The van der Waals surface area contributed by atoms with Gasteiger partial charge in [0.25, 0.3) is 10.0 Å². The Hall–Kier alpha value is -2.59. The van der Waals surface area contributed by atoms with E-state index in [0.29, 0.717) is 12.2 Å². The lowest BCUT2D eigenvalue weighted by Gasteiger charge is -2.26. The molecule has 0 unspecified atom stereocenters. The Morgan fingerprint density at radius 2 is 1.54 bits per heavy atom. The van der Waals surface area contributed by atoms with Crippen LogP contribution in [0.25, 0.3) is 0 Å². The Bertz CT molecular complexity index is 899. The van der Waals surface area contributed by atoms with Gasteiger partial charge in [-0.05, 0) is 50.5 Å². The van der Waals surface area contributed by atoms with Crippen molar-refractivity contribution in [2.24, 2.45) is 0 Å². The zero-order valence-corrected chi connectivity index (χ0v) is 16.1. The van der Waals surface area contributed by atoms with Crippen LogP contribution in [0.15, 0.2) is 59.5 Å². The van der Waals surface area contributed by atoms with Gasteiger partial charge in [-0.3, -0.25) is 9.10 Å². The third-order valence-corrected chi connectivity index (χ3v) is 5.59. The lowest BCUT2D eigenvalue weighted by molar-refractivity contribution is -0.167. The molecule has 0 aromatic heterocycles. The minimum atomic E-state index is -5.03. The summed E-state index contributed by atoms with van der Waals surface area (Å²) < 4.78 is 64.4. The molecule has 1 N–H and O–H groups in total. The summed E-state index contributed by atoms with van der Waals surface area (Å²) in [6, 6.07) is 13.1. The van der Waals surface area contributed by atoms with Crippen LogP contribution in [0.2, 0.25) is 0 Å². The van der Waals surface area contributed by atoms with Crippen LogP contribution in [-0.2, 0) is 14.8 Å². The van der Waals surface area contributed by atoms with Crippen molar-refractivity contribution in [1.82, 2.24) is 4.90 Å². The second-order valence-corrected chi connectivity index (χ2v) is 8.05. The molecular formula is C18H20F3N3O3S. The quantitative estimate of drug-likeness (QED) is 0.755. The molecule has 0 radical (unpaired) electrons. The van der Waals surface area contributed by atoms with Crippen LogP contribution in [0.1, 0.15) is 0 Å². The van der Waals surface area contributed by atoms with Gasteiger partial charge >= 0.3 is 12.1 Å². The number of rotatable bonds is 7. The molecule has 2 rings (SSSR count). The van der Waals surface area contributed by atoms with Gasteiger partial charge in [0.2, 0.25) is 0 Å². The van der Waals surface area contributed by atoms with E-state index in [2.05, 4.69) is 0 Å². The third kappa shape index (κ3) is 5.46. The van der Waals surface area contributed by atoms with E-state index in [9.17, 15) is 26.4 Å². The molecule has 0 bridgehead atoms. The summed E-state index contributed by atoms with van der Waals surface area (Å²) in [6.45, 7) is 0.653. The number of nitrogens with one attached hydrogen (secondary N) is 1. The maximum atomic E-state index is 13.1. The minimum absolute atomic E-state index is 0.0971. The van der Waals surface area contributed by atoms with Crippen LogP contribution in [-0.4, -0.2) is 52.6 Å². The van der Waals surface area contributed by atoms with Crippen LogP contribution in [0, 0.1) is 0 Å². The van der Waals surface area contributed by atoms with Crippen molar-refractivity contribution in [3.8, 4) is 0 Å². The summed E-state index contributed by atoms with van der Waals surface area (Å²) in [5.41, 5.74) is 0.319. The molecule has 2 aromatic carbocycles. The fourth-order valence-corrected chi connectivity index (χ4v) is 3.77. The molecule has 0 saturated heterocycles. The first-order valence-corrected chi connectivity index (χ1v) is 9.66. The molecule has 10 heteroatoms. The van der Waals surface area contributed by atoms with E-state index in [1.807, 2.05) is 19.0 Å². The molecule has 0 aliphatic heterocycles. The molecule has 0 saturated carbocycles. The topological polar surface area (TPSA) is 69.7 Å². The van der Waals surface area contributed by atoms with Crippen molar-refractivity contribution in [3.63, 3.8) is 0 Å². The van der Waals surface area contributed by atoms with Gasteiger partial charge < -0.3 is 10.2 Å². The van der Waals surface area contributed by atoms with Crippen LogP contribution >= 0.6 is 0 Å². The maximum Gasteiger partial charge on any atom is 0.471 e. The number of para-hydroxylation sites is 1. The fourth-order valence-electron chi connectivity index (χ4n) is 2.31. The number of alkyl halides is 3. The second-order valence-electron chi connectivity index (χ2n) is 6.19. The van der Waals surface area contributed by atoms with Crippen LogP contribution < -0.4 is 9.62 Å². The number of likely N-dealkylation sites (N-methyl/N-ethyl adjacent to an activating group) is 1. The molecule has 152 valence electrons. The number of halogens is 3. The largest absolute Gasteiger partial charge is 0.471 e. The first-order valence-electron chi connectivity index (χ1n) is 8.22. The van der Waals surface area contributed by atoms with Gasteiger partial charge in [-0.15, -0.1) is 0 Å². The highest BCUT2D eigenvalue weighted by atomic mass is 32.2. The third-order valence-electron chi connectivity index (χ3n) is 3.75. The molecule has 6 nitrogen and oxygen atoms in total. The van der Waals surface area contributed by atoms with Crippen molar-refractivity contribution in [3.05, 3.63) is 54.6 Å². The summed E-state index contributed by atoms with van der Waals surface area (Å²) in [5, 5.41) is 1.68. The van der Waals surface area contributed by atoms with E-state index >= 15 is 0 Å². The van der Waals surface area contributed by atoms with Crippen molar-refractivity contribution in [2.75, 3.05) is 36.8 Å². The normalized spacial score (nSPS) is 12.1. The second kappa shape index (κ2) is 8.61. The Labute approximate surface area is 161 Å². The number of anilines is 2. The summed E-state index contributed by atoms with van der Waals surface area (Å²) >= 11 is 0. The predicted octanol–water partition coefficient (Wildman–Crippen LogP) is 2.94. The molecular weight excluding hydrogens is 395 g/mol. The van der Waals surface area contributed by atoms with Crippen molar-refractivity contribution in [2.45, 2.75) is 11.1 Å². The number of benzene rings is 2. The van der Waals surface area contributed by atoms with Gasteiger partial charge in [0.15, 0.2) is 0 Å². The summed E-state index contributed by atoms with van der Waals surface area (Å²) in [7, 11) is -0.325. The fraction of sp³-hybridized carbons (Fsp3) is 0.278. The smallest absolute Gasteiger partial charge is 0.318 e. The molecule has 1 amide bonds. The van der Waals surface area contributed by atoms with Gasteiger partial charge in [-0.2, -0.15) is 13.2 Å². The number of amides is 1. The van der Waals surface area contributed by atoms with Crippen LogP contribution in [0.5, 0.6) is 0 Å². The average molecular weight is 415 g/mol. The number of carbonyl (C=O) groups is 1. The van der Waals surface area contributed by atoms with Gasteiger partial charge in [0, 0.05) is 18.8 Å². The number of carbonyl (C=O) groups excluding carboxylic acids is 1. The van der Waals surface area contributed by atoms with Crippen LogP contribution in [0.3, 0.4) is 0 Å². The molecule has 0 atom stereocenters. The molecule has 0 aliphatic carbocycles. The molecule has 28 heavy (non-hydrogen) atoms. The zero-order valence-electron chi connectivity index (χ0n) is 15.3. The Balaban J connectivity index is 2.30. The summed E-state index contributed by atoms with van der Waals surface area (Å²) in [5.74, 6) is -2.12. The zero-order chi connectivity index (χ0) is 20.9. The molecule has 0 aliphatic rings. The summed E-state index contributed by atoms with van der Waals surface area (Å²) in [6.07, 6.45) is -5.03. The van der Waals surface area contributed by atoms with Crippen molar-refractivity contribution >= 4 is 27.3 Å². The molecule has 0 spiro atoms. The number of sulfonamides is 1. The minimum Gasteiger partial charge on any atom is -0.318 e. The lowest BCUT2D eigenvalue weighted by Crippen LogP contribution is -2.36. The van der Waals surface area contributed by atoms with Gasteiger partial charge in [-0.1, -0.05) is 18.2 Å². The first-order chi connectivity index (χ1) is 13.0. The average Bonchev–Trinajstić information content (AvgIpc) is 2.62. The highest BCUT2D eigenvalue weighted by Gasteiger charge is 2.38. The van der Waals surface area contributed by atoms with E-state index in [-0.39, 0.29) is 17.1 Å². The highest BCUT2D eigenvalue weighted by molar-refractivity contribution is 7.92. The number of nitrogens with zero attached hydrogens (tertiary/aromatic N) is 2. The van der Waals surface area contributed by atoms with Crippen molar-refractivity contribution < 1.29 is 26.4 Å². The van der Waals surface area contributed by atoms with Crippen molar-refractivity contribution in [1.29, 1.82) is 0 Å². The Morgan fingerprint density at radius 1 is 0.964 bits per heavy atom. The first kappa shape index (κ1) is 21.7. The monoisotopic (exact) mass is 415 g/mol. The van der Waals surface area contributed by atoms with E-state index in [0.717, 1.165) is 24.3 Å². The lowest BCUT2D eigenvalue weighted by atomic mass is 10.3. The SMILES string of the molecule is CN(C)CCN(c1ccccc1)S(=O)(=O)c1ccc(NC(=O)C(F)(F)F)cc1. The van der Waals surface area contributed by atoms with E-state index in [4.69, 9.17) is 0 Å². The standard InChI is InChI=1S/C18H20F3N3O3S/c1-23(2)12-13-24(15-6-4-3-5-7-15)28(26,27)16-10-8-14(9-11-16)22-17(25)18(19,20)21/h3-11H,12-13H2,1-2H3,(H,22,25). The predicted molar refractivity (Wildman–Crippen MR) is 101 cm³/mol. The summed E-state index contributed by atoms with van der Waals surface area (Å²) in [4.78, 5) is 12.7. The van der Waals surface area contributed by atoms with Gasteiger partial charge in [0.1, 0.15) is 0 Å². The van der Waals surface area contributed by atoms with E-state index in [1.54, 1.807) is 35.6 Å². The molecule has 2 aromatic rings. The Kier molecular flexibility index (Phi) is 6.68. The van der Waals surface area contributed by atoms with Gasteiger partial charge in [-0.25, -0.2) is 8.42 Å². The number of hydrogen-bond donors (Lipinski definition) is 1. The van der Waals surface area contributed by atoms with E-state index in [1.165, 1.54) is 4.31 Å². The van der Waals surface area contributed by atoms with E-state index < -0.39 is 22.1 Å². The van der Waals surface area contributed by atoms with Crippen LogP contribution in [0.4, 0.5) is 24.5 Å². The molecule has 0 fully saturated rings. The highest BCUT2D eigenvalue weighted by Crippen LogP contribution is 2.25. The number of hydrogen-bond acceptors (Lipinski definition) is 4. The molecule has 0 heterocycles. The maximum absolute atomic E-state index is 13.1. The Morgan fingerprint density at radius 3 is 2.04 bits per heavy atom. The van der Waals surface area contributed by atoms with Gasteiger partial charge in [0.05, 0.1) is 10.6 Å².